The van der Waals surface area contributed by atoms with E-state index >= 15 is 0 Å². The summed E-state index contributed by atoms with van der Waals surface area (Å²) >= 11 is 1.67. The molecule has 0 aliphatic carbocycles. The van der Waals surface area contributed by atoms with Gasteiger partial charge >= 0.3 is 0 Å². The topological polar surface area (TPSA) is 71.7 Å². The minimum atomic E-state index is -0.271. The zero-order chi connectivity index (χ0) is 24.3. The molecule has 0 aromatic carbocycles. The van der Waals surface area contributed by atoms with E-state index in [4.69, 9.17) is 10.5 Å². The maximum atomic E-state index is 10.1. The molecule has 3 N–H and O–H groups in total. The number of rotatable bonds is 13. The van der Waals surface area contributed by atoms with E-state index < -0.39 is 0 Å². The number of aromatic nitrogens is 1. The first-order valence-corrected chi connectivity index (χ1v) is 13.3. The number of aliphatic hydroxyl groups excluding tert-OH is 1. The lowest BCUT2D eigenvalue weighted by Crippen LogP contribution is -2.31. The van der Waals surface area contributed by atoms with Gasteiger partial charge in [-0.25, -0.2) is 4.98 Å². The van der Waals surface area contributed by atoms with Crippen molar-refractivity contribution in [3.63, 3.8) is 0 Å². The predicted octanol–water partition coefficient (Wildman–Crippen LogP) is 6.61. The van der Waals surface area contributed by atoms with Crippen molar-refractivity contribution in [2.75, 3.05) is 0 Å². The molecule has 184 valence electrons. The lowest BCUT2D eigenvalue weighted by atomic mass is 9.72. The van der Waals surface area contributed by atoms with Gasteiger partial charge < -0.3 is 15.6 Å². The van der Waals surface area contributed by atoms with Gasteiger partial charge in [0.05, 0.1) is 28.5 Å². The number of hydrogen-bond acceptors (Lipinski definition) is 5. The van der Waals surface area contributed by atoms with Crippen LogP contribution >= 0.6 is 11.3 Å². The number of nitrogens with two attached hydrogens (primary N) is 1. The van der Waals surface area contributed by atoms with Crippen molar-refractivity contribution < 1.29 is 9.84 Å². The Labute approximate surface area is 201 Å². The lowest BCUT2D eigenvalue weighted by Gasteiger charge is -2.35. The fourth-order valence-electron chi connectivity index (χ4n) is 4.80. The van der Waals surface area contributed by atoms with Crippen LogP contribution in [0.15, 0.2) is 11.0 Å². The number of thiazole rings is 1. The van der Waals surface area contributed by atoms with Gasteiger partial charge in [-0.3, -0.25) is 0 Å². The molecular formula is C27H48N2O2S. The molecule has 1 aromatic rings. The number of hydrogen-bond donors (Lipinski definition) is 2. The fourth-order valence-corrected chi connectivity index (χ4v) is 5.37. The van der Waals surface area contributed by atoms with Crippen LogP contribution in [-0.4, -0.2) is 33.9 Å². The van der Waals surface area contributed by atoms with Crippen molar-refractivity contribution in [2.45, 2.75) is 118 Å². The zero-order valence-electron chi connectivity index (χ0n) is 21.9. The van der Waals surface area contributed by atoms with Crippen molar-refractivity contribution in [1.82, 2.24) is 4.98 Å². The highest BCUT2D eigenvalue weighted by Crippen LogP contribution is 2.44. The largest absolute Gasteiger partial charge is 0.393 e. The molecule has 1 fully saturated rings. The van der Waals surface area contributed by atoms with Gasteiger partial charge in [-0.2, -0.15) is 0 Å². The first-order chi connectivity index (χ1) is 14.7. The number of epoxide rings is 1. The Bertz CT molecular complexity index is 757. The molecule has 0 bridgehead atoms. The second kappa shape index (κ2) is 11.1. The third-order valence-electron chi connectivity index (χ3n) is 8.21. The van der Waals surface area contributed by atoms with Gasteiger partial charge in [0.15, 0.2) is 0 Å². The Balaban J connectivity index is 1.74. The molecule has 32 heavy (non-hydrogen) atoms. The van der Waals surface area contributed by atoms with Crippen molar-refractivity contribution >= 4 is 17.4 Å². The molecule has 4 nitrogen and oxygen atoms in total. The van der Waals surface area contributed by atoms with Crippen molar-refractivity contribution in [3.05, 3.63) is 21.7 Å². The molecule has 2 rings (SSSR count). The quantitative estimate of drug-likeness (QED) is 0.322. The third kappa shape index (κ3) is 7.65. The van der Waals surface area contributed by atoms with Crippen LogP contribution in [0, 0.1) is 30.1 Å². The van der Waals surface area contributed by atoms with Crippen LogP contribution in [0.4, 0.5) is 0 Å². The highest BCUT2D eigenvalue weighted by Gasteiger charge is 2.51. The smallest absolute Gasteiger partial charge is 0.0921 e. The van der Waals surface area contributed by atoms with Crippen LogP contribution in [0.3, 0.4) is 0 Å². The summed E-state index contributed by atoms with van der Waals surface area (Å²) in [6.45, 7) is 19.7. The summed E-state index contributed by atoms with van der Waals surface area (Å²) < 4.78 is 6.11. The van der Waals surface area contributed by atoms with E-state index in [0.29, 0.717) is 17.8 Å². The first kappa shape index (κ1) is 27.5. The molecule has 2 heterocycles. The van der Waals surface area contributed by atoms with Gasteiger partial charge in [0, 0.05) is 11.4 Å². The first-order valence-electron chi connectivity index (χ1n) is 12.5. The van der Waals surface area contributed by atoms with E-state index in [1.54, 1.807) is 11.3 Å². The number of aryl methyl sites for hydroxylation is 1. The Kier molecular flexibility index (Phi) is 9.55. The molecule has 0 amide bonds. The summed E-state index contributed by atoms with van der Waals surface area (Å²) in [5.74, 6) is 1.92. The highest BCUT2D eigenvalue weighted by molar-refractivity contribution is 7.09. The fraction of sp³-hybridized carbons (Fsp3) is 0.815. The van der Waals surface area contributed by atoms with E-state index in [-0.39, 0.29) is 29.3 Å². The van der Waals surface area contributed by atoms with Crippen LogP contribution in [0.2, 0.25) is 0 Å². The van der Waals surface area contributed by atoms with Gasteiger partial charge in [-0.1, -0.05) is 53.0 Å². The Morgan fingerprint density at radius 1 is 1.31 bits per heavy atom. The number of nitrogens with zero attached hydrogens (tertiary/aromatic N) is 1. The average molecular weight is 465 g/mol. The summed E-state index contributed by atoms with van der Waals surface area (Å²) in [7, 11) is 0. The monoisotopic (exact) mass is 464 g/mol. The van der Waals surface area contributed by atoms with Crippen molar-refractivity contribution in [2.24, 2.45) is 28.9 Å². The summed E-state index contributed by atoms with van der Waals surface area (Å²) in [4.78, 5) is 4.51. The predicted molar refractivity (Wildman–Crippen MR) is 138 cm³/mol. The van der Waals surface area contributed by atoms with Gasteiger partial charge in [0.1, 0.15) is 0 Å². The molecule has 5 heteroatoms. The van der Waals surface area contributed by atoms with Gasteiger partial charge in [-0.05, 0) is 76.2 Å². The SMILES string of the molecule is C/C(=C\c1csc(C)n1)C(N)CC1OC1(C)CCCC(C)C(C)C(C)CC(C)(C)C(C)O. The Hall–Kier alpha value is -0.750. The molecule has 1 aromatic heterocycles. The summed E-state index contributed by atoms with van der Waals surface area (Å²) in [5, 5.41) is 13.2. The molecule has 0 radical (unpaired) electrons. The van der Waals surface area contributed by atoms with E-state index in [2.05, 4.69) is 64.9 Å². The summed E-state index contributed by atoms with van der Waals surface area (Å²) in [6, 6.07) is 0.0147. The van der Waals surface area contributed by atoms with Crippen LogP contribution in [0.1, 0.15) is 98.2 Å². The lowest BCUT2D eigenvalue weighted by molar-refractivity contribution is 0.0373. The maximum Gasteiger partial charge on any atom is 0.0921 e. The maximum absolute atomic E-state index is 10.1. The Morgan fingerprint density at radius 2 is 1.97 bits per heavy atom. The van der Waals surface area contributed by atoms with Crippen molar-refractivity contribution in [3.8, 4) is 0 Å². The molecule has 1 saturated heterocycles. The molecule has 1 aliphatic rings. The van der Waals surface area contributed by atoms with E-state index in [1.165, 1.54) is 18.4 Å². The second-order valence-electron chi connectivity index (χ2n) is 11.5. The molecule has 0 spiro atoms. The molecule has 1 aliphatic heterocycles. The van der Waals surface area contributed by atoms with E-state index in [0.717, 1.165) is 30.0 Å². The second-order valence-corrected chi connectivity index (χ2v) is 12.6. The third-order valence-corrected chi connectivity index (χ3v) is 9.00. The van der Waals surface area contributed by atoms with Crippen molar-refractivity contribution in [1.29, 1.82) is 0 Å². The number of aliphatic hydroxyl groups is 1. The minimum absolute atomic E-state index is 0.0147. The van der Waals surface area contributed by atoms with Crippen LogP contribution in [-0.2, 0) is 4.74 Å². The van der Waals surface area contributed by atoms with Gasteiger partial charge in [0.2, 0.25) is 0 Å². The Morgan fingerprint density at radius 3 is 2.53 bits per heavy atom. The van der Waals surface area contributed by atoms with Crippen LogP contribution in [0.5, 0.6) is 0 Å². The van der Waals surface area contributed by atoms with E-state index in [1.807, 2.05) is 13.8 Å². The summed E-state index contributed by atoms with van der Waals surface area (Å²) in [5.41, 5.74) is 8.60. The van der Waals surface area contributed by atoms with Gasteiger partial charge in [0.25, 0.3) is 0 Å². The molecule has 7 unspecified atom stereocenters. The molecule has 7 atom stereocenters. The minimum Gasteiger partial charge on any atom is -0.393 e. The van der Waals surface area contributed by atoms with Crippen LogP contribution in [0.25, 0.3) is 6.08 Å². The number of ether oxygens (including phenoxy) is 1. The average Bonchev–Trinajstić information content (AvgIpc) is 3.12. The normalized spacial score (nSPS) is 26.5. The van der Waals surface area contributed by atoms with E-state index in [9.17, 15) is 5.11 Å². The molecular weight excluding hydrogens is 416 g/mol. The summed E-state index contributed by atoms with van der Waals surface area (Å²) in [6.07, 6.45) is 7.54. The highest BCUT2D eigenvalue weighted by atomic mass is 32.1. The standard InChI is InChI=1S/C27H48N2O2S/c1-17(20(4)19(3)15-26(7,8)21(5)30)11-10-12-27(9)25(31-27)14-24(28)18(2)13-23-16-32-22(6)29-23/h13,16-17,19-21,24-25,30H,10-12,14-15,28H2,1-9H3/b18-13+. The van der Waals surface area contributed by atoms with Gasteiger partial charge in [-0.15, -0.1) is 11.3 Å². The molecule has 0 saturated carbocycles. The zero-order valence-corrected chi connectivity index (χ0v) is 22.8. The van der Waals surface area contributed by atoms with Crippen LogP contribution < -0.4 is 5.73 Å².